The van der Waals surface area contributed by atoms with Crippen molar-refractivity contribution in [3.05, 3.63) is 71.9 Å². The van der Waals surface area contributed by atoms with Crippen molar-refractivity contribution >= 4 is 52.1 Å². The minimum atomic E-state index is -0.120. The Balaban J connectivity index is 1.87. The van der Waals surface area contributed by atoms with Gasteiger partial charge >= 0.3 is 0 Å². The number of carbonyl (C=O) groups is 2. The molecule has 3 aromatic rings. The Labute approximate surface area is 209 Å². The Morgan fingerprint density at radius 1 is 1.20 bits per heavy atom. The number of anilines is 5. The third kappa shape index (κ3) is 6.56. The molecule has 2 aromatic carbocycles. The number of para-hydroxylation sites is 1. The maximum atomic E-state index is 12.0. The fourth-order valence-corrected chi connectivity index (χ4v) is 3.51. The highest BCUT2D eigenvalue weighted by atomic mass is 35.5. The molecular weight excluding hydrogens is 468 g/mol. The minimum Gasteiger partial charge on any atom is -0.494 e. The molecule has 10 heteroatoms. The first kappa shape index (κ1) is 25.7. The second kappa shape index (κ2) is 12.0. The predicted octanol–water partition coefficient (Wildman–Crippen LogP) is 4.24. The molecule has 35 heavy (non-hydrogen) atoms. The molecule has 0 unspecified atom stereocenters. The van der Waals surface area contributed by atoms with E-state index in [1.165, 1.54) is 26.3 Å². The normalized spacial score (nSPS) is 10.4. The zero-order chi connectivity index (χ0) is 25.4. The number of amides is 1. The number of ether oxygens (including phenoxy) is 1. The van der Waals surface area contributed by atoms with Crippen LogP contribution in [0.5, 0.6) is 5.75 Å². The van der Waals surface area contributed by atoms with Gasteiger partial charge in [0.1, 0.15) is 10.8 Å². The quantitative estimate of drug-likeness (QED) is 0.338. The van der Waals surface area contributed by atoms with Gasteiger partial charge in [-0.3, -0.25) is 9.59 Å². The Kier molecular flexibility index (Phi) is 8.77. The molecule has 0 radical (unpaired) electrons. The summed E-state index contributed by atoms with van der Waals surface area (Å²) in [6, 6.07) is 12.7. The number of ketones is 1. The molecule has 0 fully saturated rings. The van der Waals surface area contributed by atoms with Gasteiger partial charge in [-0.2, -0.15) is 4.98 Å². The standard InChI is InChI=1S/C25H27ClN6O3/c1-4-19(34)13-17-7-5-6-8-21(17)29-24-20(26)15-28-25(31-24)30-22-10-9-18(14-23(22)35-3)32(12-11-27)16(2)33/h4-10,14-15H,1,11-13,27H2,2-3H3,(H2,28,29,30,31). The molecule has 0 aliphatic rings. The van der Waals surface area contributed by atoms with E-state index in [2.05, 4.69) is 27.2 Å². The van der Waals surface area contributed by atoms with Crippen LogP contribution in [-0.4, -0.2) is 41.9 Å². The van der Waals surface area contributed by atoms with Gasteiger partial charge in [0.25, 0.3) is 0 Å². The maximum absolute atomic E-state index is 12.0. The second-order valence-electron chi connectivity index (χ2n) is 7.49. The number of benzene rings is 2. The van der Waals surface area contributed by atoms with Crippen molar-refractivity contribution in [3.8, 4) is 5.75 Å². The fraction of sp³-hybridized carbons (Fsp3) is 0.200. The number of halogens is 1. The summed E-state index contributed by atoms with van der Waals surface area (Å²) < 4.78 is 5.51. The van der Waals surface area contributed by atoms with Crippen LogP contribution in [0.25, 0.3) is 0 Å². The summed E-state index contributed by atoms with van der Waals surface area (Å²) in [5, 5.41) is 6.60. The van der Waals surface area contributed by atoms with E-state index in [1.807, 2.05) is 24.3 Å². The van der Waals surface area contributed by atoms with Crippen molar-refractivity contribution in [2.24, 2.45) is 5.73 Å². The molecule has 0 bridgehead atoms. The molecular formula is C25H27ClN6O3. The average Bonchev–Trinajstić information content (AvgIpc) is 2.85. The highest BCUT2D eigenvalue weighted by molar-refractivity contribution is 6.33. The average molecular weight is 495 g/mol. The number of methoxy groups -OCH3 is 1. The van der Waals surface area contributed by atoms with E-state index < -0.39 is 0 Å². The highest BCUT2D eigenvalue weighted by Crippen LogP contribution is 2.33. The third-order valence-electron chi connectivity index (χ3n) is 5.08. The summed E-state index contributed by atoms with van der Waals surface area (Å²) >= 11 is 6.34. The smallest absolute Gasteiger partial charge is 0.229 e. The minimum absolute atomic E-state index is 0.0965. The first-order valence-electron chi connectivity index (χ1n) is 10.8. The van der Waals surface area contributed by atoms with Crippen LogP contribution in [0.3, 0.4) is 0 Å². The third-order valence-corrected chi connectivity index (χ3v) is 5.36. The number of allylic oxidation sites excluding steroid dienone is 1. The van der Waals surface area contributed by atoms with Crippen molar-refractivity contribution in [2.75, 3.05) is 35.7 Å². The molecule has 9 nitrogen and oxygen atoms in total. The van der Waals surface area contributed by atoms with Crippen LogP contribution in [0.15, 0.2) is 61.3 Å². The van der Waals surface area contributed by atoms with Gasteiger partial charge < -0.3 is 26.0 Å². The van der Waals surface area contributed by atoms with E-state index in [-0.39, 0.29) is 24.1 Å². The molecule has 0 aliphatic carbocycles. The van der Waals surface area contributed by atoms with Crippen LogP contribution in [0.1, 0.15) is 12.5 Å². The zero-order valence-corrected chi connectivity index (χ0v) is 20.3. The summed E-state index contributed by atoms with van der Waals surface area (Å²) in [7, 11) is 1.53. The molecule has 182 valence electrons. The fourth-order valence-electron chi connectivity index (χ4n) is 3.37. The van der Waals surface area contributed by atoms with Crippen molar-refractivity contribution in [3.63, 3.8) is 0 Å². The van der Waals surface area contributed by atoms with Crippen LogP contribution in [-0.2, 0) is 16.0 Å². The summed E-state index contributed by atoms with van der Waals surface area (Å²) in [6.45, 7) is 5.73. The van der Waals surface area contributed by atoms with Crippen LogP contribution in [0.2, 0.25) is 5.02 Å². The summed E-state index contributed by atoms with van der Waals surface area (Å²) in [5.41, 5.74) is 8.37. The number of hydrogen-bond acceptors (Lipinski definition) is 8. The molecule has 4 N–H and O–H groups in total. The van der Waals surface area contributed by atoms with Crippen LogP contribution in [0.4, 0.5) is 28.8 Å². The molecule has 0 spiro atoms. The van der Waals surface area contributed by atoms with Crippen molar-refractivity contribution in [1.29, 1.82) is 0 Å². The predicted molar refractivity (Wildman–Crippen MR) is 139 cm³/mol. The number of aromatic nitrogens is 2. The lowest BCUT2D eigenvalue weighted by Crippen LogP contribution is -2.33. The zero-order valence-electron chi connectivity index (χ0n) is 19.5. The lowest BCUT2D eigenvalue weighted by Gasteiger charge is -2.22. The molecule has 1 heterocycles. The van der Waals surface area contributed by atoms with Gasteiger partial charge in [-0.05, 0) is 29.8 Å². The Morgan fingerprint density at radius 3 is 2.66 bits per heavy atom. The number of nitrogens with two attached hydrogens (primary N) is 1. The molecule has 1 aromatic heterocycles. The van der Waals surface area contributed by atoms with Crippen molar-refractivity contribution in [1.82, 2.24) is 9.97 Å². The Hall–Kier alpha value is -3.95. The van der Waals surface area contributed by atoms with Gasteiger partial charge in [0, 0.05) is 43.9 Å². The second-order valence-corrected chi connectivity index (χ2v) is 7.90. The molecule has 3 rings (SSSR count). The van der Waals surface area contributed by atoms with E-state index in [0.717, 1.165) is 5.56 Å². The molecule has 0 atom stereocenters. The van der Waals surface area contributed by atoms with Crippen LogP contribution < -0.4 is 26.0 Å². The topological polar surface area (TPSA) is 122 Å². The first-order valence-corrected chi connectivity index (χ1v) is 11.2. The van der Waals surface area contributed by atoms with Gasteiger partial charge in [-0.25, -0.2) is 4.98 Å². The molecule has 0 saturated heterocycles. The van der Waals surface area contributed by atoms with Crippen molar-refractivity contribution < 1.29 is 14.3 Å². The first-order chi connectivity index (χ1) is 16.9. The number of rotatable bonds is 11. The SMILES string of the molecule is C=CC(=O)Cc1ccccc1Nc1nc(Nc2ccc(N(CCN)C(C)=O)cc2OC)ncc1Cl. The maximum Gasteiger partial charge on any atom is 0.229 e. The van der Waals surface area contributed by atoms with Gasteiger partial charge in [0.15, 0.2) is 11.6 Å². The van der Waals surface area contributed by atoms with Gasteiger partial charge in [0.05, 0.1) is 19.0 Å². The Morgan fingerprint density at radius 2 is 1.97 bits per heavy atom. The lowest BCUT2D eigenvalue weighted by molar-refractivity contribution is -0.116. The largest absolute Gasteiger partial charge is 0.494 e. The van der Waals surface area contributed by atoms with E-state index in [4.69, 9.17) is 22.1 Å². The van der Waals surface area contributed by atoms with E-state index in [0.29, 0.717) is 46.7 Å². The van der Waals surface area contributed by atoms with Crippen LogP contribution >= 0.6 is 11.6 Å². The number of nitrogens with zero attached hydrogens (tertiary/aromatic N) is 3. The van der Waals surface area contributed by atoms with Crippen LogP contribution in [0, 0.1) is 0 Å². The van der Waals surface area contributed by atoms with Gasteiger partial charge in [-0.15, -0.1) is 0 Å². The Bertz CT molecular complexity index is 1230. The number of hydrogen-bond donors (Lipinski definition) is 3. The summed E-state index contributed by atoms with van der Waals surface area (Å²) in [4.78, 5) is 34.2. The van der Waals surface area contributed by atoms with E-state index in [9.17, 15) is 9.59 Å². The highest BCUT2D eigenvalue weighted by Gasteiger charge is 2.15. The lowest BCUT2D eigenvalue weighted by atomic mass is 10.1. The van der Waals surface area contributed by atoms with Gasteiger partial charge in [-0.1, -0.05) is 36.4 Å². The van der Waals surface area contributed by atoms with Gasteiger partial charge in [0.2, 0.25) is 11.9 Å². The number of nitrogens with one attached hydrogen (secondary N) is 2. The molecule has 0 saturated carbocycles. The molecule has 0 aliphatic heterocycles. The molecule has 1 amide bonds. The number of carbonyl (C=O) groups excluding carboxylic acids is 2. The summed E-state index contributed by atoms with van der Waals surface area (Å²) in [6.07, 6.45) is 2.96. The van der Waals surface area contributed by atoms with E-state index in [1.54, 1.807) is 23.1 Å². The summed E-state index contributed by atoms with van der Waals surface area (Å²) in [5.74, 6) is 0.912. The van der Waals surface area contributed by atoms with Crippen molar-refractivity contribution in [2.45, 2.75) is 13.3 Å². The monoisotopic (exact) mass is 494 g/mol. The van der Waals surface area contributed by atoms with E-state index >= 15 is 0 Å².